The smallest absolute Gasteiger partial charge is 0.243 e. The van der Waals surface area contributed by atoms with E-state index in [1.807, 2.05) is 49.4 Å². The van der Waals surface area contributed by atoms with Gasteiger partial charge in [0.2, 0.25) is 11.8 Å². The SMILES string of the molecule is Cc1ccn(C(=O)CCC(=O)N2CCC(c3ccccc3)=N2)c(=NC2CCCCC2)c1. The zero-order valence-electron chi connectivity index (χ0n) is 18.2. The quantitative estimate of drug-likeness (QED) is 0.734. The number of pyridine rings is 1. The predicted octanol–water partition coefficient (Wildman–Crippen LogP) is 4.09. The van der Waals surface area contributed by atoms with Crippen LogP contribution >= 0.6 is 0 Å². The Morgan fingerprint density at radius 1 is 1.03 bits per heavy atom. The Bertz CT molecular complexity index is 1030. The maximum absolute atomic E-state index is 12.9. The fraction of sp³-hybridized carbons (Fsp3) is 0.440. The van der Waals surface area contributed by atoms with E-state index in [1.165, 1.54) is 24.3 Å². The molecule has 0 radical (unpaired) electrons. The van der Waals surface area contributed by atoms with Gasteiger partial charge in [-0.05, 0) is 43.0 Å². The molecule has 2 heterocycles. The number of amides is 1. The molecule has 6 heteroatoms. The minimum Gasteiger partial charge on any atom is -0.274 e. The molecular formula is C25H30N4O2. The lowest BCUT2D eigenvalue weighted by molar-refractivity contribution is -0.130. The Kier molecular flexibility index (Phi) is 6.75. The molecule has 0 saturated heterocycles. The number of aryl methyl sites for hydroxylation is 1. The van der Waals surface area contributed by atoms with Gasteiger partial charge in [0.25, 0.3) is 0 Å². The summed E-state index contributed by atoms with van der Waals surface area (Å²) in [5.41, 5.74) is 3.74. The van der Waals surface area contributed by atoms with Crippen molar-refractivity contribution >= 4 is 17.5 Å². The van der Waals surface area contributed by atoms with Gasteiger partial charge in [0.1, 0.15) is 5.49 Å². The van der Waals surface area contributed by atoms with Crippen LogP contribution in [0.25, 0.3) is 0 Å². The molecule has 1 aliphatic carbocycles. The van der Waals surface area contributed by atoms with Crippen LogP contribution in [0.3, 0.4) is 0 Å². The number of nitrogens with zero attached hydrogens (tertiary/aromatic N) is 4. The first-order valence-corrected chi connectivity index (χ1v) is 11.3. The largest absolute Gasteiger partial charge is 0.274 e. The lowest BCUT2D eigenvalue weighted by Crippen LogP contribution is -2.30. The van der Waals surface area contributed by atoms with E-state index in [0.29, 0.717) is 12.0 Å². The Hall–Kier alpha value is -3.02. The van der Waals surface area contributed by atoms with Crippen molar-refractivity contribution in [2.24, 2.45) is 10.1 Å². The minimum absolute atomic E-state index is 0.102. The van der Waals surface area contributed by atoms with Crippen LogP contribution in [0.15, 0.2) is 58.8 Å². The number of hydrogen-bond donors (Lipinski definition) is 0. The second-order valence-corrected chi connectivity index (χ2v) is 8.43. The van der Waals surface area contributed by atoms with Gasteiger partial charge in [0.05, 0.1) is 18.3 Å². The fourth-order valence-corrected chi connectivity index (χ4v) is 4.23. The molecule has 1 aromatic carbocycles. The molecule has 0 atom stereocenters. The van der Waals surface area contributed by atoms with E-state index in [2.05, 4.69) is 5.10 Å². The highest BCUT2D eigenvalue weighted by Crippen LogP contribution is 2.20. The molecule has 2 aliphatic rings. The number of rotatable bonds is 5. The van der Waals surface area contributed by atoms with E-state index in [1.54, 1.807) is 10.8 Å². The van der Waals surface area contributed by atoms with Crippen LogP contribution in [0.1, 0.15) is 67.3 Å². The summed E-state index contributed by atoms with van der Waals surface area (Å²) in [7, 11) is 0. The van der Waals surface area contributed by atoms with Gasteiger partial charge in [0.15, 0.2) is 0 Å². The molecule has 31 heavy (non-hydrogen) atoms. The third kappa shape index (κ3) is 5.37. The van der Waals surface area contributed by atoms with E-state index in [4.69, 9.17) is 4.99 Å². The number of hydrogen-bond acceptors (Lipinski definition) is 4. The summed E-state index contributed by atoms with van der Waals surface area (Å²) in [5.74, 6) is -0.216. The van der Waals surface area contributed by atoms with Crippen molar-refractivity contribution < 1.29 is 9.59 Å². The molecule has 6 nitrogen and oxygen atoms in total. The number of carbonyl (C=O) groups excluding carboxylic acids is 2. The van der Waals surface area contributed by atoms with E-state index >= 15 is 0 Å². The Labute approximate surface area is 183 Å². The summed E-state index contributed by atoms with van der Waals surface area (Å²) in [5, 5.41) is 5.98. The second-order valence-electron chi connectivity index (χ2n) is 8.43. The van der Waals surface area contributed by atoms with E-state index in [9.17, 15) is 9.59 Å². The first-order chi connectivity index (χ1) is 15.1. The number of hydrazone groups is 1. The molecule has 1 amide bonds. The standard InChI is InChI=1S/C25H30N4O2/c1-19-14-16-28(23(18-19)26-21-10-6-3-7-11-21)24(30)12-13-25(31)29-17-15-22(27-29)20-8-4-2-5-9-20/h2,4-5,8-9,14,16,18,21H,3,6-7,10-13,15,17H2,1H3. The van der Waals surface area contributed by atoms with Crippen molar-refractivity contribution in [3.8, 4) is 0 Å². The highest BCUT2D eigenvalue weighted by Gasteiger charge is 2.22. The van der Waals surface area contributed by atoms with Crippen molar-refractivity contribution in [3.63, 3.8) is 0 Å². The van der Waals surface area contributed by atoms with Crippen molar-refractivity contribution in [1.29, 1.82) is 0 Å². The maximum Gasteiger partial charge on any atom is 0.243 e. The molecule has 1 saturated carbocycles. The topological polar surface area (TPSA) is 67.0 Å². The summed E-state index contributed by atoms with van der Waals surface area (Å²) >= 11 is 0. The maximum atomic E-state index is 12.9. The predicted molar refractivity (Wildman–Crippen MR) is 121 cm³/mol. The van der Waals surface area contributed by atoms with Gasteiger partial charge in [-0.2, -0.15) is 5.10 Å². The Balaban J connectivity index is 1.42. The minimum atomic E-state index is -0.113. The van der Waals surface area contributed by atoms with Gasteiger partial charge < -0.3 is 0 Å². The summed E-state index contributed by atoms with van der Waals surface area (Å²) in [4.78, 5) is 30.4. The number of benzene rings is 1. The van der Waals surface area contributed by atoms with Gasteiger partial charge in [-0.3, -0.25) is 19.1 Å². The van der Waals surface area contributed by atoms with Gasteiger partial charge in [-0.25, -0.2) is 5.01 Å². The van der Waals surface area contributed by atoms with Crippen LogP contribution in [-0.4, -0.2) is 39.7 Å². The Morgan fingerprint density at radius 3 is 2.55 bits per heavy atom. The molecular weight excluding hydrogens is 388 g/mol. The molecule has 0 unspecified atom stereocenters. The monoisotopic (exact) mass is 418 g/mol. The number of aromatic nitrogens is 1. The van der Waals surface area contributed by atoms with E-state index in [0.717, 1.165) is 36.1 Å². The molecule has 1 fully saturated rings. The van der Waals surface area contributed by atoms with Crippen molar-refractivity contribution in [2.45, 2.75) is 64.3 Å². The van der Waals surface area contributed by atoms with Crippen molar-refractivity contribution in [1.82, 2.24) is 9.58 Å². The summed E-state index contributed by atoms with van der Waals surface area (Å²) in [6.45, 7) is 2.57. The van der Waals surface area contributed by atoms with E-state index < -0.39 is 0 Å². The summed E-state index contributed by atoms with van der Waals surface area (Å²) < 4.78 is 1.61. The van der Waals surface area contributed by atoms with Crippen LogP contribution in [-0.2, 0) is 4.79 Å². The molecule has 0 spiro atoms. The molecule has 1 aromatic heterocycles. The van der Waals surface area contributed by atoms with Crippen LogP contribution in [0.2, 0.25) is 0 Å². The van der Waals surface area contributed by atoms with Crippen LogP contribution < -0.4 is 5.49 Å². The highest BCUT2D eigenvalue weighted by atomic mass is 16.2. The first kappa shape index (κ1) is 21.2. The van der Waals surface area contributed by atoms with Crippen LogP contribution in [0, 0.1) is 6.92 Å². The average molecular weight is 419 g/mol. The third-order valence-corrected chi connectivity index (χ3v) is 6.00. The first-order valence-electron chi connectivity index (χ1n) is 11.3. The Morgan fingerprint density at radius 2 is 1.77 bits per heavy atom. The van der Waals surface area contributed by atoms with Crippen LogP contribution in [0.4, 0.5) is 0 Å². The van der Waals surface area contributed by atoms with Crippen LogP contribution in [0.5, 0.6) is 0 Å². The molecule has 1 aliphatic heterocycles. The molecule has 162 valence electrons. The van der Waals surface area contributed by atoms with Gasteiger partial charge in [0, 0.05) is 25.5 Å². The molecule has 4 rings (SSSR count). The molecule has 2 aromatic rings. The highest BCUT2D eigenvalue weighted by molar-refractivity contribution is 6.02. The van der Waals surface area contributed by atoms with Gasteiger partial charge in [-0.1, -0.05) is 49.6 Å². The molecule has 0 N–H and O–H groups in total. The summed E-state index contributed by atoms with van der Waals surface area (Å²) in [6, 6.07) is 14.1. The zero-order valence-corrected chi connectivity index (χ0v) is 18.2. The second kappa shape index (κ2) is 9.86. The van der Waals surface area contributed by atoms with E-state index in [-0.39, 0.29) is 30.7 Å². The number of carbonyl (C=O) groups is 2. The normalized spacial score (nSPS) is 17.6. The lowest BCUT2D eigenvalue weighted by Gasteiger charge is -2.18. The van der Waals surface area contributed by atoms with Gasteiger partial charge in [-0.15, -0.1) is 0 Å². The third-order valence-electron chi connectivity index (χ3n) is 6.00. The molecule has 0 bridgehead atoms. The van der Waals surface area contributed by atoms with Crippen molar-refractivity contribution in [3.05, 3.63) is 65.3 Å². The summed E-state index contributed by atoms with van der Waals surface area (Å²) in [6.07, 6.45) is 8.64. The lowest BCUT2D eigenvalue weighted by atomic mass is 9.96. The fourth-order valence-electron chi connectivity index (χ4n) is 4.23. The van der Waals surface area contributed by atoms with Crippen molar-refractivity contribution in [2.75, 3.05) is 6.54 Å². The zero-order chi connectivity index (χ0) is 21.6. The average Bonchev–Trinajstić information content (AvgIpc) is 3.29. The van der Waals surface area contributed by atoms with Gasteiger partial charge >= 0.3 is 0 Å².